The summed E-state index contributed by atoms with van der Waals surface area (Å²) in [6.45, 7) is 14.2. The van der Waals surface area contributed by atoms with Crippen LogP contribution in [0.5, 0.6) is 0 Å². The minimum absolute atomic E-state index is 0.0256. The van der Waals surface area contributed by atoms with Crippen molar-refractivity contribution in [1.29, 1.82) is 0 Å². The Labute approximate surface area is 245 Å². The van der Waals surface area contributed by atoms with Gasteiger partial charge in [-0.1, -0.05) is 26.5 Å². The first-order chi connectivity index (χ1) is 20.1. The molecule has 1 aliphatic carbocycles. The van der Waals surface area contributed by atoms with E-state index in [9.17, 15) is 19.8 Å². The molecule has 5 heterocycles. The van der Waals surface area contributed by atoms with E-state index in [2.05, 4.69) is 32.7 Å². The first-order valence-electron chi connectivity index (χ1n) is 14.4. The van der Waals surface area contributed by atoms with Crippen LogP contribution in [0.1, 0.15) is 53.9 Å². The number of carboxylic acid groups (broad SMARTS) is 1. The van der Waals surface area contributed by atoms with Crippen LogP contribution in [0.4, 0.5) is 0 Å². The Morgan fingerprint density at radius 3 is 2.43 bits per heavy atom. The third-order valence-corrected chi connectivity index (χ3v) is 9.27. The molecule has 0 aromatic carbocycles. The molecule has 3 N–H and O–H groups in total. The monoisotopic (exact) mass is 562 g/mol. The minimum Gasteiger partial charge on any atom is -0.510 e. The maximum Gasteiger partial charge on any atom is 0.303 e. The number of carbonyl (C=O) groups is 2. The van der Waals surface area contributed by atoms with Crippen LogP contribution in [-0.2, 0) is 9.59 Å². The molecule has 5 aliphatic heterocycles. The molecule has 1 fully saturated rings. The second-order valence-corrected chi connectivity index (χ2v) is 11.5. The van der Waals surface area contributed by atoms with Crippen LogP contribution in [0.25, 0.3) is 0 Å². The van der Waals surface area contributed by atoms with Crippen molar-refractivity contribution >= 4 is 29.4 Å². The molecule has 214 valence electrons. The molecule has 8 nitrogen and oxygen atoms in total. The molecule has 6 rings (SSSR count). The fourth-order valence-corrected chi connectivity index (χ4v) is 6.87. The standard InChI is InChI=1S/C34H34N4O4/c1-7-19-15(3)23-11-25-17(5)21(9-10-29(40)41)32(37-25)31-22(14-39)34(42)30-18(6)26(38-33(30)31)13-28-20(8-2)16(4)24(36-28)12-27(19)35-23/h7,11-14,17,21-22,37,42H,1,8-10H2,2-6H3,(H,40,41)/t17?,21-,22?/m0/s1. The quantitative estimate of drug-likeness (QED) is 0.336. The van der Waals surface area contributed by atoms with Crippen molar-refractivity contribution in [2.75, 3.05) is 0 Å². The molecule has 0 aromatic heterocycles. The fourth-order valence-electron chi connectivity index (χ4n) is 6.87. The molecular formula is C34H34N4O4. The van der Waals surface area contributed by atoms with Gasteiger partial charge in [-0.15, -0.1) is 0 Å². The highest BCUT2D eigenvalue weighted by molar-refractivity contribution is 6.23. The SMILES string of the molecule is C=CC1=C(C)C2=NC1=CC1=NC(=CC3=C(C)C4=C(O)C(C=O)C(=C5NC(=C2)C(C)[C@@H]5CCC(=O)O)C4=N3)C(CC)=C1C. The van der Waals surface area contributed by atoms with Gasteiger partial charge in [0.25, 0.3) is 0 Å². The van der Waals surface area contributed by atoms with Crippen LogP contribution in [0, 0.1) is 17.8 Å². The Hall–Kier alpha value is -4.59. The average molecular weight is 563 g/mol. The van der Waals surface area contributed by atoms with Gasteiger partial charge in [-0.3, -0.25) is 4.79 Å². The summed E-state index contributed by atoms with van der Waals surface area (Å²) < 4.78 is 0. The summed E-state index contributed by atoms with van der Waals surface area (Å²) in [7, 11) is 0. The van der Waals surface area contributed by atoms with E-state index in [-0.39, 0.29) is 24.0 Å². The second kappa shape index (κ2) is 10.0. The lowest BCUT2D eigenvalue weighted by molar-refractivity contribution is -0.137. The maximum atomic E-state index is 12.5. The Kier molecular flexibility index (Phi) is 6.60. The van der Waals surface area contributed by atoms with Crippen molar-refractivity contribution in [3.8, 4) is 0 Å². The van der Waals surface area contributed by atoms with Crippen molar-refractivity contribution in [1.82, 2.24) is 5.32 Å². The van der Waals surface area contributed by atoms with Crippen molar-refractivity contribution < 1.29 is 19.8 Å². The summed E-state index contributed by atoms with van der Waals surface area (Å²) in [5.41, 5.74) is 12.1. The number of aliphatic carboxylic acids is 1. The van der Waals surface area contributed by atoms with Crippen molar-refractivity contribution in [2.45, 2.75) is 53.9 Å². The van der Waals surface area contributed by atoms with Crippen LogP contribution >= 0.6 is 0 Å². The van der Waals surface area contributed by atoms with E-state index < -0.39 is 11.9 Å². The molecule has 0 saturated carbocycles. The Morgan fingerprint density at radius 1 is 1.05 bits per heavy atom. The zero-order valence-electron chi connectivity index (χ0n) is 24.5. The summed E-state index contributed by atoms with van der Waals surface area (Å²) in [6, 6.07) is 0. The van der Waals surface area contributed by atoms with E-state index in [0.29, 0.717) is 29.0 Å². The smallest absolute Gasteiger partial charge is 0.303 e. The van der Waals surface area contributed by atoms with Crippen LogP contribution < -0.4 is 5.32 Å². The second-order valence-electron chi connectivity index (χ2n) is 11.5. The number of aliphatic hydroxyl groups excluding tert-OH is 1. The molecule has 0 spiro atoms. The highest BCUT2D eigenvalue weighted by Crippen LogP contribution is 2.48. The number of aliphatic imine (C=N–C) groups is 3. The lowest BCUT2D eigenvalue weighted by atomic mass is 9.84. The van der Waals surface area contributed by atoms with Crippen LogP contribution in [-0.4, -0.2) is 39.6 Å². The van der Waals surface area contributed by atoms with Gasteiger partial charge in [0.15, 0.2) is 0 Å². The van der Waals surface area contributed by atoms with Gasteiger partial charge in [0.05, 0.1) is 34.2 Å². The number of hydrogen-bond donors (Lipinski definition) is 3. The van der Waals surface area contributed by atoms with Crippen LogP contribution in [0.3, 0.4) is 0 Å². The summed E-state index contributed by atoms with van der Waals surface area (Å²) in [5.74, 6) is -2.12. The van der Waals surface area contributed by atoms with E-state index in [0.717, 1.165) is 74.8 Å². The van der Waals surface area contributed by atoms with E-state index >= 15 is 0 Å². The highest BCUT2D eigenvalue weighted by Gasteiger charge is 2.45. The van der Waals surface area contributed by atoms with Gasteiger partial charge >= 0.3 is 5.97 Å². The number of rotatable bonds is 6. The molecule has 8 heteroatoms. The Balaban J connectivity index is 1.66. The predicted molar refractivity (Wildman–Crippen MR) is 164 cm³/mol. The van der Waals surface area contributed by atoms with Crippen LogP contribution in [0.15, 0.2) is 119 Å². The molecule has 42 heavy (non-hydrogen) atoms. The molecule has 6 aliphatic rings. The van der Waals surface area contributed by atoms with Gasteiger partial charge in [-0.2, -0.15) is 0 Å². The number of nitrogens with zero attached hydrogens (tertiary/aromatic N) is 3. The minimum atomic E-state index is -0.889. The van der Waals surface area contributed by atoms with E-state index in [1.807, 2.05) is 38.2 Å². The highest BCUT2D eigenvalue weighted by atomic mass is 16.4. The maximum absolute atomic E-state index is 12.5. The first kappa shape index (κ1) is 27.6. The molecule has 2 unspecified atom stereocenters. The molecule has 0 aromatic rings. The third kappa shape index (κ3) is 4.00. The van der Waals surface area contributed by atoms with Gasteiger partial charge in [0, 0.05) is 46.4 Å². The fraction of sp³-hybridized carbons (Fsp3) is 0.324. The Morgan fingerprint density at radius 2 is 1.76 bits per heavy atom. The number of hydrogen-bond acceptors (Lipinski definition) is 7. The third-order valence-electron chi connectivity index (χ3n) is 9.27. The number of aldehydes is 1. The van der Waals surface area contributed by atoms with E-state index in [4.69, 9.17) is 15.0 Å². The van der Waals surface area contributed by atoms with Crippen molar-refractivity contribution in [3.63, 3.8) is 0 Å². The number of carboxylic acids is 1. The van der Waals surface area contributed by atoms with Gasteiger partial charge in [0.2, 0.25) is 0 Å². The van der Waals surface area contributed by atoms with Crippen molar-refractivity contribution in [3.05, 3.63) is 104 Å². The predicted octanol–water partition coefficient (Wildman–Crippen LogP) is 6.13. The number of allylic oxidation sites excluding steroid dienone is 12. The summed E-state index contributed by atoms with van der Waals surface area (Å²) >= 11 is 0. The van der Waals surface area contributed by atoms with E-state index in [1.54, 1.807) is 0 Å². The summed E-state index contributed by atoms with van der Waals surface area (Å²) in [4.78, 5) is 39.1. The molecule has 0 radical (unpaired) electrons. The summed E-state index contributed by atoms with van der Waals surface area (Å²) in [5, 5.41) is 24.4. The topological polar surface area (TPSA) is 124 Å². The molecule has 8 bridgehead atoms. The van der Waals surface area contributed by atoms with E-state index in [1.165, 1.54) is 0 Å². The number of nitrogens with one attached hydrogen (secondary N) is 1. The molecule has 0 amide bonds. The number of aliphatic hydroxyl groups is 1. The van der Waals surface area contributed by atoms with Crippen LogP contribution in [0.2, 0.25) is 0 Å². The van der Waals surface area contributed by atoms with Gasteiger partial charge in [-0.25, -0.2) is 15.0 Å². The van der Waals surface area contributed by atoms with Crippen molar-refractivity contribution in [2.24, 2.45) is 32.7 Å². The number of carbonyl (C=O) groups excluding carboxylic acids is 1. The zero-order chi connectivity index (χ0) is 30.0. The molecule has 3 atom stereocenters. The zero-order valence-corrected chi connectivity index (χ0v) is 24.5. The number of fused-ring (bicyclic) bond motifs is 5. The average Bonchev–Trinajstić information content (AvgIpc) is 3.68. The van der Waals surface area contributed by atoms with Gasteiger partial charge < -0.3 is 20.3 Å². The summed E-state index contributed by atoms with van der Waals surface area (Å²) in [6.07, 6.45) is 9.64. The normalized spacial score (nSPS) is 26.4. The molecular weight excluding hydrogens is 528 g/mol. The molecule has 1 saturated heterocycles. The van der Waals surface area contributed by atoms with Gasteiger partial charge in [-0.05, 0) is 74.1 Å². The lowest BCUT2D eigenvalue weighted by Crippen LogP contribution is -2.19. The largest absolute Gasteiger partial charge is 0.510 e. The first-order valence-corrected chi connectivity index (χ1v) is 14.4. The van der Waals surface area contributed by atoms with Gasteiger partial charge in [0.1, 0.15) is 18.0 Å². The lowest BCUT2D eigenvalue weighted by Gasteiger charge is -2.18. The Bertz CT molecular complexity index is 1750.